The van der Waals surface area contributed by atoms with Crippen molar-refractivity contribution in [3.8, 4) is 11.1 Å². The number of pyridine rings is 1. The first kappa shape index (κ1) is 17.6. The van der Waals surface area contributed by atoms with Crippen molar-refractivity contribution in [1.29, 1.82) is 0 Å². The maximum Gasteiger partial charge on any atom is 0.337 e. The first-order valence-corrected chi connectivity index (χ1v) is 9.62. The van der Waals surface area contributed by atoms with Crippen LogP contribution >= 0.6 is 12.6 Å². The number of carbonyl (C=O) groups is 1. The van der Waals surface area contributed by atoms with Gasteiger partial charge in [0, 0.05) is 18.6 Å². The summed E-state index contributed by atoms with van der Waals surface area (Å²) in [6, 6.07) is 23.7. The monoisotopic (exact) mass is 374 g/mol. The topological polar surface area (TPSA) is 41.2 Å². The van der Waals surface area contributed by atoms with Gasteiger partial charge in [-0.2, -0.15) is 17.2 Å². The molecule has 0 aliphatic heterocycles. The van der Waals surface area contributed by atoms with Gasteiger partial charge in [-0.15, -0.1) is 0 Å². The van der Waals surface area contributed by atoms with Crippen molar-refractivity contribution in [2.24, 2.45) is 0 Å². The number of rotatable bonds is 5. The highest BCUT2D eigenvalue weighted by molar-refractivity contribution is 7.80. The van der Waals surface area contributed by atoms with Gasteiger partial charge in [0.15, 0.2) is 0 Å². The predicted octanol–water partition coefficient (Wildman–Crippen LogP) is 4.97. The van der Waals surface area contributed by atoms with Gasteiger partial charge in [0.1, 0.15) is 6.54 Å². The van der Waals surface area contributed by atoms with Crippen molar-refractivity contribution in [3.05, 3.63) is 78.4 Å². The van der Waals surface area contributed by atoms with Crippen molar-refractivity contribution in [2.45, 2.75) is 13.0 Å². The van der Waals surface area contributed by atoms with Crippen molar-refractivity contribution in [2.75, 3.05) is 5.75 Å². The summed E-state index contributed by atoms with van der Waals surface area (Å²) in [5.41, 5.74) is 4.20. The highest BCUT2D eigenvalue weighted by atomic mass is 32.1. The van der Waals surface area contributed by atoms with E-state index in [0.717, 1.165) is 51.7 Å². The maximum atomic E-state index is 12.3. The minimum absolute atomic E-state index is 0.363. The molecule has 3 aromatic carbocycles. The Hall–Kier alpha value is -2.85. The zero-order chi connectivity index (χ0) is 18.8. The molecule has 4 heteroatoms. The van der Waals surface area contributed by atoms with E-state index in [2.05, 4.69) is 17.2 Å². The molecule has 0 saturated carbocycles. The van der Waals surface area contributed by atoms with Crippen LogP contribution in [0, 0.1) is 0 Å². The Morgan fingerprint density at radius 1 is 0.889 bits per heavy atom. The smallest absolute Gasteiger partial charge is 0.337 e. The largest absolute Gasteiger partial charge is 0.478 e. The van der Waals surface area contributed by atoms with Gasteiger partial charge in [-0.3, -0.25) is 0 Å². The summed E-state index contributed by atoms with van der Waals surface area (Å²) in [6.45, 7) is 0.790. The summed E-state index contributed by atoms with van der Waals surface area (Å²) in [5.74, 6) is -0.122. The van der Waals surface area contributed by atoms with E-state index in [-0.39, 0.29) is 0 Å². The first-order valence-electron chi connectivity index (χ1n) is 8.99. The van der Waals surface area contributed by atoms with Gasteiger partial charge in [0.05, 0.1) is 16.3 Å². The van der Waals surface area contributed by atoms with E-state index >= 15 is 0 Å². The van der Waals surface area contributed by atoms with E-state index < -0.39 is 5.97 Å². The molecule has 0 radical (unpaired) electrons. The van der Waals surface area contributed by atoms with Gasteiger partial charge < -0.3 is 5.11 Å². The summed E-state index contributed by atoms with van der Waals surface area (Å²) < 4.78 is 2.22. The number of carboxylic acids is 1. The summed E-state index contributed by atoms with van der Waals surface area (Å²) in [6.07, 6.45) is 0.912. The molecule has 0 atom stereocenters. The van der Waals surface area contributed by atoms with Gasteiger partial charge in [-0.25, -0.2) is 4.79 Å². The predicted molar refractivity (Wildman–Crippen MR) is 113 cm³/mol. The number of nitrogens with zero attached hydrogens (tertiary/aromatic N) is 1. The second-order valence-corrected chi connectivity index (χ2v) is 6.94. The normalized spacial score (nSPS) is 11.1. The average molecular weight is 374 g/mol. The van der Waals surface area contributed by atoms with Gasteiger partial charge >= 0.3 is 5.97 Å². The highest BCUT2D eigenvalue weighted by Gasteiger charge is 2.25. The molecule has 0 saturated heterocycles. The quantitative estimate of drug-likeness (QED) is 0.294. The van der Waals surface area contributed by atoms with Crippen LogP contribution in [0.4, 0.5) is 0 Å². The summed E-state index contributed by atoms with van der Waals surface area (Å²) in [7, 11) is 0. The maximum absolute atomic E-state index is 12.3. The van der Waals surface area contributed by atoms with Gasteiger partial charge in [0.25, 0.3) is 0 Å². The third kappa shape index (κ3) is 3.06. The van der Waals surface area contributed by atoms with Crippen molar-refractivity contribution in [1.82, 2.24) is 0 Å². The lowest BCUT2D eigenvalue weighted by molar-refractivity contribution is -0.645. The number of hydrogen-bond donors (Lipinski definition) is 2. The minimum atomic E-state index is -0.902. The molecule has 4 rings (SSSR count). The van der Waals surface area contributed by atoms with Crippen LogP contribution in [0.1, 0.15) is 16.8 Å². The zero-order valence-corrected chi connectivity index (χ0v) is 15.7. The number of benzene rings is 3. The van der Waals surface area contributed by atoms with E-state index in [1.807, 2.05) is 72.8 Å². The minimum Gasteiger partial charge on any atom is -0.478 e. The number of aryl methyl sites for hydroxylation is 1. The number of hydrogen-bond acceptors (Lipinski definition) is 2. The molecule has 0 aliphatic rings. The first-order chi connectivity index (χ1) is 13.2. The molecule has 0 bridgehead atoms. The Bertz CT molecular complexity index is 1140. The molecule has 1 heterocycles. The molecular formula is C23H20NO2S+. The second kappa shape index (κ2) is 7.41. The Kier molecular flexibility index (Phi) is 4.82. The molecule has 0 fully saturated rings. The Balaban J connectivity index is 2.20. The Labute approximate surface area is 163 Å². The van der Waals surface area contributed by atoms with Crippen LogP contribution < -0.4 is 4.57 Å². The molecule has 4 aromatic rings. The Morgan fingerprint density at radius 2 is 1.59 bits per heavy atom. The molecular weight excluding hydrogens is 354 g/mol. The van der Waals surface area contributed by atoms with E-state index in [4.69, 9.17) is 0 Å². The van der Waals surface area contributed by atoms with Gasteiger partial charge in [0.2, 0.25) is 11.0 Å². The molecule has 1 N–H and O–H groups in total. The molecule has 0 amide bonds. The third-order valence-electron chi connectivity index (χ3n) is 4.89. The van der Waals surface area contributed by atoms with Crippen LogP contribution in [0.5, 0.6) is 0 Å². The van der Waals surface area contributed by atoms with E-state index in [1.165, 1.54) is 0 Å². The molecule has 1 aromatic heterocycles. The molecule has 3 nitrogen and oxygen atoms in total. The third-order valence-corrected chi connectivity index (χ3v) is 5.20. The molecule has 134 valence electrons. The summed E-state index contributed by atoms with van der Waals surface area (Å²) in [5, 5.41) is 11.6. The van der Waals surface area contributed by atoms with Crippen LogP contribution in [-0.2, 0) is 6.54 Å². The van der Waals surface area contributed by atoms with Crippen molar-refractivity contribution >= 4 is 40.4 Å². The number of fused-ring (bicyclic) bond motifs is 2. The summed E-state index contributed by atoms with van der Waals surface area (Å²) in [4.78, 5) is 12.3. The average Bonchev–Trinajstić information content (AvgIpc) is 2.71. The number of para-hydroxylation sites is 1. The molecule has 27 heavy (non-hydrogen) atoms. The van der Waals surface area contributed by atoms with Crippen molar-refractivity contribution < 1.29 is 14.5 Å². The lowest BCUT2D eigenvalue weighted by Gasteiger charge is -2.13. The van der Waals surface area contributed by atoms with Gasteiger partial charge in [-0.05, 0) is 22.9 Å². The second-order valence-electron chi connectivity index (χ2n) is 6.49. The van der Waals surface area contributed by atoms with E-state index in [9.17, 15) is 9.90 Å². The van der Waals surface area contributed by atoms with Crippen LogP contribution in [0.25, 0.3) is 32.9 Å². The highest BCUT2D eigenvalue weighted by Crippen LogP contribution is 2.33. The molecule has 0 aliphatic carbocycles. The lowest BCUT2D eigenvalue weighted by atomic mass is 9.94. The van der Waals surface area contributed by atoms with Crippen LogP contribution in [0.3, 0.4) is 0 Å². The zero-order valence-electron chi connectivity index (χ0n) is 14.8. The van der Waals surface area contributed by atoms with E-state index in [0.29, 0.717) is 5.56 Å². The van der Waals surface area contributed by atoms with Gasteiger partial charge in [-0.1, -0.05) is 54.6 Å². The number of aromatic carboxylic acids is 1. The number of thiol groups is 1. The Morgan fingerprint density at radius 3 is 2.33 bits per heavy atom. The SMILES string of the molecule is O=C(O)c1c2ccccc2[n+](CCCS)c2cccc(-c3ccccc3)c12. The number of aromatic nitrogens is 1. The number of carboxylic acid groups (broad SMARTS) is 1. The van der Waals surface area contributed by atoms with E-state index in [1.54, 1.807) is 0 Å². The fraction of sp³-hybridized carbons (Fsp3) is 0.130. The standard InChI is InChI=1S/C23H19NO2S/c25-23(26)22-18-10-4-5-12-19(18)24(14-7-15-27)20-13-6-11-17(21(20)22)16-8-2-1-3-9-16/h1-6,8-13H,7,14-15H2,(H-,25,26,27)/p+1. The summed E-state index contributed by atoms with van der Waals surface area (Å²) >= 11 is 4.36. The molecule has 0 spiro atoms. The fourth-order valence-electron chi connectivity index (χ4n) is 3.76. The van der Waals surface area contributed by atoms with Crippen LogP contribution in [0.2, 0.25) is 0 Å². The lowest BCUT2D eigenvalue weighted by Crippen LogP contribution is -2.36. The fourth-order valence-corrected chi connectivity index (χ4v) is 3.90. The van der Waals surface area contributed by atoms with Crippen molar-refractivity contribution in [3.63, 3.8) is 0 Å². The molecule has 0 unspecified atom stereocenters. The van der Waals surface area contributed by atoms with Crippen LogP contribution in [0.15, 0.2) is 72.8 Å². The van der Waals surface area contributed by atoms with Crippen LogP contribution in [-0.4, -0.2) is 16.8 Å².